The molecule has 2 N–H and O–H groups in total. The normalized spacial score (nSPS) is 11.3. The second-order valence-corrected chi connectivity index (χ2v) is 10.1. The summed E-state index contributed by atoms with van der Waals surface area (Å²) in [6.07, 6.45) is 3.74. The van der Waals surface area contributed by atoms with Crippen LogP contribution in [0.4, 0.5) is 0 Å². The Balaban J connectivity index is 1.73. The lowest BCUT2D eigenvalue weighted by Crippen LogP contribution is -2.29. The molecule has 0 saturated carbocycles. The summed E-state index contributed by atoms with van der Waals surface area (Å²) in [5.74, 6) is 0.707. The number of carbonyl (C=O) groups excluding carboxylic acids is 2. The van der Waals surface area contributed by atoms with Gasteiger partial charge in [0.15, 0.2) is 0 Å². The van der Waals surface area contributed by atoms with Gasteiger partial charge in [0.05, 0.1) is 6.54 Å². The van der Waals surface area contributed by atoms with Gasteiger partial charge in [-0.2, -0.15) is 5.10 Å². The van der Waals surface area contributed by atoms with Crippen LogP contribution in [0.3, 0.4) is 0 Å². The average molecular weight is 490 g/mol. The Morgan fingerprint density at radius 3 is 1.81 bits per heavy atom. The lowest BCUT2D eigenvalue weighted by atomic mass is 10.1. The second kappa shape index (κ2) is 13.6. The minimum Gasteiger partial charge on any atom is -0.352 e. The summed E-state index contributed by atoms with van der Waals surface area (Å²) in [7, 11) is 0. The molecule has 36 heavy (non-hydrogen) atoms. The van der Waals surface area contributed by atoms with E-state index in [9.17, 15) is 9.59 Å². The second-order valence-electron chi connectivity index (χ2n) is 10.1. The maximum Gasteiger partial charge on any atom is 0.251 e. The zero-order chi connectivity index (χ0) is 25.9. The van der Waals surface area contributed by atoms with Crippen molar-refractivity contribution in [3.63, 3.8) is 0 Å². The number of rotatable bonds is 13. The Hall–Kier alpha value is -3.45. The van der Waals surface area contributed by atoms with E-state index in [1.807, 2.05) is 53.3 Å². The molecule has 1 heterocycles. The molecular formula is C29H39N5O2. The number of benzene rings is 2. The van der Waals surface area contributed by atoms with E-state index < -0.39 is 0 Å². The van der Waals surface area contributed by atoms with Crippen LogP contribution in [0, 0.1) is 11.8 Å². The van der Waals surface area contributed by atoms with Crippen LogP contribution in [0.1, 0.15) is 59.5 Å². The fourth-order valence-corrected chi connectivity index (χ4v) is 3.83. The molecule has 2 amide bonds. The minimum atomic E-state index is -0.0475. The summed E-state index contributed by atoms with van der Waals surface area (Å²) in [4.78, 5) is 27.5. The van der Waals surface area contributed by atoms with Crippen LogP contribution in [0.5, 0.6) is 0 Å². The van der Waals surface area contributed by atoms with E-state index in [2.05, 4.69) is 60.5 Å². The van der Waals surface area contributed by atoms with Crippen LogP contribution in [-0.2, 0) is 19.6 Å². The quantitative estimate of drug-likeness (QED) is 0.374. The largest absolute Gasteiger partial charge is 0.352 e. The predicted octanol–water partition coefficient (Wildman–Crippen LogP) is 4.36. The van der Waals surface area contributed by atoms with Gasteiger partial charge in [-0.25, -0.2) is 0 Å². The van der Waals surface area contributed by atoms with Crippen molar-refractivity contribution in [2.45, 2.75) is 47.3 Å². The Kier molecular flexibility index (Phi) is 10.2. The molecular weight excluding hydrogens is 450 g/mol. The molecule has 0 radical (unpaired) electrons. The number of carbonyl (C=O) groups is 2. The Labute approximate surface area is 214 Å². The SMILES string of the molecule is CC(C)CNC(=O)c1cccc(CN(CCn2cccn2)Cc2cccc(C(=O)NCC(C)C)c2)c1. The highest BCUT2D eigenvalue weighted by Crippen LogP contribution is 2.14. The highest BCUT2D eigenvalue weighted by atomic mass is 16.2. The van der Waals surface area contributed by atoms with E-state index in [-0.39, 0.29) is 11.8 Å². The summed E-state index contributed by atoms with van der Waals surface area (Å²) in [5.41, 5.74) is 3.48. The van der Waals surface area contributed by atoms with E-state index in [4.69, 9.17) is 0 Å². The van der Waals surface area contributed by atoms with Crippen molar-refractivity contribution in [2.75, 3.05) is 19.6 Å². The number of hydrogen-bond donors (Lipinski definition) is 2. The molecule has 7 nitrogen and oxygen atoms in total. The summed E-state index contributed by atoms with van der Waals surface area (Å²) >= 11 is 0. The lowest BCUT2D eigenvalue weighted by molar-refractivity contribution is 0.0941. The topological polar surface area (TPSA) is 79.3 Å². The van der Waals surface area contributed by atoms with Gasteiger partial charge in [0.1, 0.15) is 0 Å². The monoisotopic (exact) mass is 489 g/mol. The third-order valence-corrected chi connectivity index (χ3v) is 5.74. The zero-order valence-corrected chi connectivity index (χ0v) is 21.9. The van der Waals surface area contributed by atoms with Crippen molar-refractivity contribution in [3.05, 3.63) is 89.2 Å². The Morgan fingerprint density at radius 1 is 0.833 bits per heavy atom. The smallest absolute Gasteiger partial charge is 0.251 e. The van der Waals surface area contributed by atoms with E-state index in [0.29, 0.717) is 49.1 Å². The summed E-state index contributed by atoms with van der Waals surface area (Å²) in [6, 6.07) is 17.5. The van der Waals surface area contributed by atoms with Crippen LogP contribution < -0.4 is 10.6 Å². The zero-order valence-electron chi connectivity index (χ0n) is 21.9. The molecule has 0 spiro atoms. The van der Waals surface area contributed by atoms with Crippen LogP contribution >= 0.6 is 0 Å². The molecule has 0 bridgehead atoms. The molecule has 7 heteroatoms. The van der Waals surface area contributed by atoms with Crippen molar-refractivity contribution < 1.29 is 9.59 Å². The van der Waals surface area contributed by atoms with Crippen LogP contribution in [-0.4, -0.2) is 46.1 Å². The van der Waals surface area contributed by atoms with E-state index in [0.717, 1.165) is 24.2 Å². The molecule has 0 atom stereocenters. The van der Waals surface area contributed by atoms with Crippen LogP contribution in [0.25, 0.3) is 0 Å². The van der Waals surface area contributed by atoms with Gasteiger partial charge in [0.2, 0.25) is 0 Å². The number of aromatic nitrogens is 2. The highest BCUT2D eigenvalue weighted by molar-refractivity contribution is 5.94. The molecule has 3 rings (SSSR count). The Bertz CT molecular complexity index is 1040. The predicted molar refractivity (Wildman–Crippen MR) is 144 cm³/mol. The fourth-order valence-electron chi connectivity index (χ4n) is 3.83. The van der Waals surface area contributed by atoms with Crippen LogP contribution in [0.2, 0.25) is 0 Å². The summed E-state index contributed by atoms with van der Waals surface area (Å²) in [5, 5.41) is 10.3. The molecule has 2 aromatic carbocycles. The first-order valence-corrected chi connectivity index (χ1v) is 12.7. The molecule has 0 fully saturated rings. The standard InChI is InChI=1S/C29H39N5O2/c1-22(2)18-30-28(35)26-10-5-8-24(16-26)20-33(14-15-34-13-7-12-32-34)21-25-9-6-11-27(17-25)29(36)31-19-23(3)4/h5-13,16-17,22-23H,14-15,18-21H2,1-4H3,(H,30,35)(H,31,36). The van der Waals surface area contributed by atoms with Gasteiger partial charge in [-0.05, 0) is 53.3 Å². The van der Waals surface area contributed by atoms with Gasteiger partial charge in [-0.1, -0.05) is 52.0 Å². The molecule has 0 aliphatic rings. The maximum atomic E-state index is 12.6. The number of nitrogens with zero attached hydrogens (tertiary/aromatic N) is 3. The molecule has 0 aliphatic heterocycles. The van der Waals surface area contributed by atoms with Crippen molar-refractivity contribution in [1.82, 2.24) is 25.3 Å². The lowest BCUT2D eigenvalue weighted by Gasteiger charge is -2.23. The van der Waals surface area contributed by atoms with Crippen molar-refractivity contribution in [3.8, 4) is 0 Å². The third-order valence-electron chi connectivity index (χ3n) is 5.74. The maximum absolute atomic E-state index is 12.6. The first-order chi connectivity index (χ1) is 17.3. The molecule has 0 aliphatic carbocycles. The first kappa shape index (κ1) is 27.1. The molecule has 0 unspecified atom stereocenters. The molecule has 3 aromatic rings. The number of amides is 2. The van der Waals surface area contributed by atoms with E-state index in [1.165, 1.54) is 0 Å². The molecule has 1 aromatic heterocycles. The average Bonchev–Trinajstić information content (AvgIpc) is 3.38. The third kappa shape index (κ3) is 8.96. The van der Waals surface area contributed by atoms with Crippen molar-refractivity contribution >= 4 is 11.8 Å². The fraction of sp³-hybridized carbons (Fsp3) is 0.414. The van der Waals surface area contributed by atoms with Gasteiger partial charge in [0.25, 0.3) is 11.8 Å². The van der Waals surface area contributed by atoms with Crippen LogP contribution in [0.15, 0.2) is 67.0 Å². The van der Waals surface area contributed by atoms with Gasteiger partial charge in [-0.15, -0.1) is 0 Å². The van der Waals surface area contributed by atoms with Gasteiger partial charge in [0, 0.05) is 56.2 Å². The summed E-state index contributed by atoms with van der Waals surface area (Å²) < 4.78 is 1.92. The Morgan fingerprint density at radius 2 is 1.36 bits per heavy atom. The van der Waals surface area contributed by atoms with Gasteiger partial charge in [-0.3, -0.25) is 19.2 Å². The minimum absolute atomic E-state index is 0.0475. The first-order valence-electron chi connectivity index (χ1n) is 12.7. The number of nitrogens with one attached hydrogen (secondary N) is 2. The summed E-state index contributed by atoms with van der Waals surface area (Å²) in [6.45, 7) is 12.5. The highest BCUT2D eigenvalue weighted by Gasteiger charge is 2.13. The van der Waals surface area contributed by atoms with Crippen molar-refractivity contribution in [2.24, 2.45) is 11.8 Å². The van der Waals surface area contributed by atoms with Gasteiger partial charge < -0.3 is 10.6 Å². The van der Waals surface area contributed by atoms with Gasteiger partial charge >= 0.3 is 0 Å². The van der Waals surface area contributed by atoms with E-state index >= 15 is 0 Å². The number of hydrogen-bond acceptors (Lipinski definition) is 4. The molecule has 192 valence electrons. The molecule has 0 saturated heterocycles. The van der Waals surface area contributed by atoms with Crippen molar-refractivity contribution in [1.29, 1.82) is 0 Å². The van der Waals surface area contributed by atoms with E-state index in [1.54, 1.807) is 6.20 Å².